The summed E-state index contributed by atoms with van der Waals surface area (Å²) >= 11 is 0. The van der Waals surface area contributed by atoms with E-state index in [1.165, 1.54) is 0 Å². The summed E-state index contributed by atoms with van der Waals surface area (Å²) in [6.45, 7) is 3.89. The Morgan fingerprint density at radius 3 is 2.42 bits per heavy atom. The number of hydrogen-bond donors (Lipinski definition) is 1. The number of aryl methyl sites for hydroxylation is 2. The molecule has 1 fully saturated rings. The number of nitrogens with zero attached hydrogens (tertiary/aromatic N) is 1. The Balaban J connectivity index is 1.82. The fourth-order valence-corrected chi connectivity index (χ4v) is 3.99. The maximum atomic E-state index is 13.1. The highest BCUT2D eigenvalue weighted by atomic mass is 32.2. The van der Waals surface area contributed by atoms with Crippen molar-refractivity contribution in [3.63, 3.8) is 0 Å². The minimum absolute atomic E-state index is 0.0511. The van der Waals surface area contributed by atoms with E-state index in [1.807, 2.05) is 38.1 Å². The zero-order valence-electron chi connectivity index (χ0n) is 14.7. The first-order valence-electron chi connectivity index (χ1n) is 8.59. The van der Waals surface area contributed by atoms with E-state index in [1.54, 1.807) is 24.3 Å². The molecule has 0 unspecified atom stereocenters. The van der Waals surface area contributed by atoms with Crippen molar-refractivity contribution < 1.29 is 12.8 Å². The van der Waals surface area contributed by atoms with E-state index in [4.69, 9.17) is 4.42 Å². The first-order valence-corrected chi connectivity index (χ1v) is 10.1. The summed E-state index contributed by atoms with van der Waals surface area (Å²) < 4.78 is 32.1. The number of rotatable bonds is 5. The van der Waals surface area contributed by atoms with Gasteiger partial charge in [-0.25, -0.2) is 8.42 Å². The Kier molecular flexibility index (Phi) is 4.07. The van der Waals surface area contributed by atoms with Gasteiger partial charge in [-0.2, -0.15) is 4.98 Å². The third-order valence-electron chi connectivity index (χ3n) is 4.36. The summed E-state index contributed by atoms with van der Waals surface area (Å²) in [5.41, 5.74) is 2.82. The van der Waals surface area contributed by atoms with Crippen molar-refractivity contribution in [2.24, 2.45) is 0 Å². The second-order valence-corrected chi connectivity index (χ2v) is 8.62. The van der Waals surface area contributed by atoms with Crippen molar-refractivity contribution in [3.8, 4) is 11.5 Å². The molecule has 0 radical (unpaired) electrons. The molecule has 1 aliphatic carbocycles. The van der Waals surface area contributed by atoms with E-state index >= 15 is 0 Å². The number of oxazole rings is 1. The number of benzene rings is 2. The minimum Gasteiger partial charge on any atom is -0.419 e. The predicted molar refractivity (Wildman–Crippen MR) is 100.0 cm³/mol. The molecule has 0 spiro atoms. The van der Waals surface area contributed by atoms with Gasteiger partial charge in [-0.3, -0.25) is 0 Å². The standard InChI is InChI=1S/C20H20N2O3S/c1-13-6-10-17(11-7-13)26(23,24)20-19(21-16-8-9-16)25-18(22-20)15-5-3-4-14(2)12-15/h3-7,10-12,16,21H,8-9H2,1-2H3. The van der Waals surface area contributed by atoms with E-state index < -0.39 is 9.84 Å². The molecule has 3 aromatic rings. The molecule has 0 amide bonds. The number of sulfone groups is 1. The van der Waals surface area contributed by atoms with Gasteiger partial charge in [0.1, 0.15) is 0 Å². The topological polar surface area (TPSA) is 72.2 Å². The lowest BCUT2D eigenvalue weighted by molar-refractivity contribution is 0.576. The Labute approximate surface area is 153 Å². The summed E-state index contributed by atoms with van der Waals surface area (Å²) in [4.78, 5) is 4.57. The highest BCUT2D eigenvalue weighted by Crippen LogP contribution is 2.35. The smallest absolute Gasteiger partial charge is 0.234 e. The van der Waals surface area contributed by atoms with Crippen LogP contribution in [-0.2, 0) is 9.84 Å². The fraction of sp³-hybridized carbons (Fsp3) is 0.250. The molecule has 1 heterocycles. The van der Waals surface area contributed by atoms with Gasteiger partial charge < -0.3 is 9.73 Å². The van der Waals surface area contributed by atoms with Gasteiger partial charge in [0, 0.05) is 11.6 Å². The number of anilines is 1. The van der Waals surface area contributed by atoms with Crippen LogP contribution < -0.4 is 5.32 Å². The van der Waals surface area contributed by atoms with Crippen molar-refractivity contribution >= 4 is 15.7 Å². The van der Waals surface area contributed by atoms with Gasteiger partial charge in [0.15, 0.2) is 0 Å². The second kappa shape index (κ2) is 6.29. The molecule has 5 nitrogen and oxygen atoms in total. The van der Waals surface area contributed by atoms with Gasteiger partial charge in [0.25, 0.3) is 0 Å². The van der Waals surface area contributed by atoms with Crippen LogP contribution >= 0.6 is 0 Å². The molecular weight excluding hydrogens is 348 g/mol. The monoisotopic (exact) mass is 368 g/mol. The summed E-state index contributed by atoms with van der Waals surface area (Å²) in [6, 6.07) is 14.7. The van der Waals surface area contributed by atoms with Crippen molar-refractivity contribution in [1.29, 1.82) is 0 Å². The van der Waals surface area contributed by atoms with Crippen LogP contribution in [-0.4, -0.2) is 19.4 Å². The zero-order valence-corrected chi connectivity index (χ0v) is 15.5. The molecule has 134 valence electrons. The largest absolute Gasteiger partial charge is 0.419 e. The number of hydrogen-bond acceptors (Lipinski definition) is 5. The summed E-state index contributed by atoms with van der Waals surface area (Å²) in [7, 11) is -3.77. The molecule has 1 saturated carbocycles. The molecular formula is C20H20N2O3S. The average Bonchev–Trinajstić information content (AvgIpc) is 3.31. The van der Waals surface area contributed by atoms with Crippen LogP contribution in [0.4, 0.5) is 5.88 Å². The third-order valence-corrected chi connectivity index (χ3v) is 6.04. The predicted octanol–water partition coefficient (Wildman–Crippen LogP) is 4.37. The van der Waals surface area contributed by atoms with Crippen LogP contribution in [0.1, 0.15) is 24.0 Å². The SMILES string of the molecule is Cc1ccc(S(=O)(=O)c2nc(-c3cccc(C)c3)oc2NC2CC2)cc1. The maximum absolute atomic E-state index is 13.1. The Morgan fingerprint density at radius 2 is 1.77 bits per heavy atom. The highest BCUT2D eigenvalue weighted by Gasteiger charge is 2.32. The van der Waals surface area contributed by atoms with Gasteiger partial charge in [0.2, 0.25) is 26.6 Å². The summed E-state index contributed by atoms with van der Waals surface area (Å²) in [5, 5.41) is 3.12. The van der Waals surface area contributed by atoms with Gasteiger partial charge in [-0.15, -0.1) is 0 Å². The summed E-state index contributed by atoms with van der Waals surface area (Å²) in [6.07, 6.45) is 2.01. The van der Waals surface area contributed by atoms with Crippen molar-refractivity contribution in [2.75, 3.05) is 5.32 Å². The maximum Gasteiger partial charge on any atom is 0.234 e. The Hall–Kier alpha value is -2.60. The molecule has 4 rings (SSSR count). The van der Waals surface area contributed by atoms with Crippen molar-refractivity contribution in [2.45, 2.75) is 42.7 Å². The molecule has 6 heteroatoms. The first-order chi connectivity index (χ1) is 12.4. The molecule has 0 bridgehead atoms. The van der Waals surface area contributed by atoms with Crippen molar-refractivity contribution in [3.05, 3.63) is 59.7 Å². The lowest BCUT2D eigenvalue weighted by Gasteiger charge is -2.05. The number of aromatic nitrogens is 1. The van der Waals surface area contributed by atoms with Gasteiger partial charge in [-0.05, 0) is 51.0 Å². The van der Waals surface area contributed by atoms with Crippen LogP contribution in [0.15, 0.2) is 62.9 Å². The van der Waals surface area contributed by atoms with E-state index in [2.05, 4.69) is 10.3 Å². The van der Waals surface area contributed by atoms with Crippen molar-refractivity contribution in [1.82, 2.24) is 4.98 Å². The Morgan fingerprint density at radius 1 is 1.04 bits per heavy atom. The molecule has 1 N–H and O–H groups in total. The Bertz CT molecular complexity index is 1050. The summed E-state index contributed by atoms with van der Waals surface area (Å²) in [5.74, 6) is 0.534. The van der Waals surface area contributed by atoms with Crippen LogP contribution in [0.2, 0.25) is 0 Å². The van der Waals surface area contributed by atoms with E-state index in [0.29, 0.717) is 5.89 Å². The molecule has 0 atom stereocenters. The van der Waals surface area contributed by atoms with Gasteiger partial charge in [0.05, 0.1) is 4.90 Å². The van der Waals surface area contributed by atoms with E-state index in [9.17, 15) is 8.42 Å². The van der Waals surface area contributed by atoms with Crippen LogP contribution in [0.3, 0.4) is 0 Å². The second-order valence-electron chi connectivity index (χ2n) is 6.76. The van der Waals surface area contributed by atoms with Crippen LogP contribution in [0.5, 0.6) is 0 Å². The normalized spacial score (nSPS) is 14.4. The van der Waals surface area contributed by atoms with E-state index in [0.717, 1.165) is 29.5 Å². The minimum atomic E-state index is -3.77. The molecule has 1 aromatic heterocycles. The lowest BCUT2D eigenvalue weighted by Crippen LogP contribution is -2.08. The van der Waals surface area contributed by atoms with Gasteiger partial charge >= 0.3 is 0 Å². The number of nitrogens with one attached hydrogen (secondary N) is 1. The van der Waals surface area contributed by atoms with Gasteiger partial charge in [-0.1, -0.05) is 35.4 Å². The molecule has 1 aliphatic rings. The molecule has 26 heavy (non-hydrogen) atoms. The van der Waals surface area contributed by atoms with Crippen LogP contribution in [0.25, 0.3) is 11.5 Å². The molecule has 0 saturated heterocycles. The lowest BCUT2D eigenvalue weighted by atomic mass is 10.1. The quantitative estimate of drug-likeness (QED) is 0.724. The average molecular weight is 368 g/mol. The molecule has 2 aromatic carbocycles. The highest BCUT2D eigenvalue weighted by molar-refractivity contribution is 7.91. The fourth-order valence-electron chi connectivity index (χ4n) is 2.72. The molecule has 0 aliphatic heterocycles. The van der Waals surface area contributed by atoms with E-state index in [-0.39, 0.29) is 21.8 Å². The first kappa shape index (κ1) is 16.8. The third kappa shape index (κ3) is 3.24. The van der Waals surface area contributed by atoms with Crippen LogP contribution in [0, 0.1) is 13.8 Å². The zero-order chi connectivity index (χ0) is 18.3.